The number of alkyl halides is 3. The average molecular weight is 252 g/mol. The molecule has 17 heavy (non-hydrogen) atoms. The number of amides is 1. The van der Waals surface area contributed by atoms with E-state index in [-0.39, 0.29) is 18.7 Å². The molecule has 1 atom stereocenters. The number of rotatable bonds is 4. The van der Waals surface area contributed by atoms with Crippen LogP contribution in [0, 0.1) is 0 Å². The Morgan fingerprint density at radius 3 is 2.41 bits per heavy atom. The van der Waals surface area contributed by atoms with Crippen molar-refractivity contribution in [3.05, 3.63) is 0 Å². The number of nitrogens with zero attached hydrogens (tertiary/aromatic N) is 1. The van der Waals surface area contributed by atoms with Gasteiger partial charge in [0.25, 0.3) is 0 Å². The van der Waals surface area contributed by atoms with Crippen LogP contribution in [0.25, 0.3) is 0 Å². The Morgan fingerprint density at radius 1 is 1.47 bits per heavy atom. The van der Waals surface area contributed by atoms with E-state index >= 15 is 0 Å². The lowest BCUT2D eigenvalue weighted by molar-refractivity contribution is -0.202. The molecule has 0 spiro atoms. The molecule has 1 N–H and O–H groups in total. The number of hydrogen-bond acceptors (Lipinski definition) is 2. The largest absolute Gasteiger partial charge is 0.405 e. The number of hydrogen-bond donors (Lipinski definition) is 1. The summed E-state index contributed by atoms with van der Waals surface area (Å²) in [6.45, 7) is 5.15. The highest BCUT2D eigenvalue weighted by Crippen LogP contribution is 2.35. The van der Waals surface area contributed by atoms with Gasteiger partial charge in [-0.05, 0) is 20.3 Å². The molecule has 1 saturated heterocycles. The first-order valence-electron chi connectivity index (χ1n) is 5.84. The molecule has 1 heterocycles. The molecule has 0 aliphatic carbocycles. The molecule has 0 aromatic heterocycles. The molecule has 0 aromatic carbocycles. The van der Waals surface area contributed by atoms with E-state index < -0.39 is 17.8 Å². The van der Waals surface area contributed by atoms with Crippen molar-refractivity contribution < 1.29 is 18.0 Å². The number of halogens is 3. The lowest BCUT2D eigenvalue weighted by atomic mass is 9.98. The Morgan fingerprint density at radius 2 is 2.06 bits per heavy atom. The van der Waals surface area contributed by atoms with Gasteiger partial charge in [0.15, 0.2) is 0 Å². The average Bonchev–Trinajstić information content (AvgIpc) is 2.38. The second-order valence-corrected chi connectivity index (χ2v) is 5.09. The van der Waals surface area contributed by atoms with E-state index in [9.17, 15) is 18.0 Å². The lowest BCUT2D eigenvalue weighted by Gasteiger charge is -2.37. The summed E-state index contributed by atoms with van der Waals surface area (Å²) >= 11 is 0. The van der Waals surface area contributed by atoms with Gasteiger partial charge in [0.05, 0.1) is 0 Å². The summed E-state index contributed by atoms with van der Waals surface area (Å²) in [5.74, 6) is -0.347. The molecule has 0 radical (unpaired) electrons. The highest BCUT2D eigenvalue weighted by atomic mass is 19.4. The number of unbranched alkanes of at least 4 members (excludes halogenated alkanes) is 1. The smallest absolute Gasteiger partial charge is 0.288 e. The van der Waals surface area contributed by atoms with Crippen LogP contribution in [-0.4, -0.2) is 28.7 Å². The normalized spacial score (nSPS) is 22.6. The second-order valence-electron chi connectivity index (χ2n) is 5.09. The standard InChI is InChI=1S/C11H19F3N2O/c1-4-5-6-8(11(12,13)14)16-10(2,3)7-9(17)15-16/h8H,4-7H2,1-3H3,(H,15,17)/t8-/m0/s1. The molecular formula is C11H19F3N2O. The summed E-state index contributed by atoms with van der Waals surface area (Å²) in [4.78, 5) is 11.3. The minimum absolute atomic E-state index is 0.0176. The highest BCUT2D eigenvalue weighted by molar-refractivity contribution is 5.78. The highest BCUT2D eigenvalue weighted by Gasteiger charge is 2.51. The van der Waals surface area contributed by atoms with Gasteiger partial charge in [0, 0.05) is 12.0 Å². The molecule has 6 heteroatoms. The summed E-state index contributed by atoms with van der Waals surface area (Å²) in [5, 5.41) is 1.07. The Hall–Kier alpha value is -0.780. The summed E-state index contributed by atoms with van der Waals surface area (Å²) in [6.07, 6.45) is -3.00. The van der Waals surface area contributed by atoms with Crippen LogP contribution in [-0.2, 0) is 4.79 Å². The Bertz CT molecular complexity index is 289. The van der Waals surface area contributed by atoms with Crippen molar-refractivity contribution in [1.82, 2.24) is 10.4 Å². The quantitative estimate of drug-likeness (QED) is 0.834. The van der Waals surface area contributed by atoms with Crippen molar-refractivity contribution in [1.29, 1.82) is 0 Å². The zero-order valence-electron chi connectivity index (χ0n) is 10.4. The van der Waals surface area contributed by atoms with Gasteiger partial charge in [0.1, 0.15) is 6.04 Å². The van der Waals surface area contributed by atoms with E-state index in [1.54, 1.807) is 13.8 Å². The van der Waals surface area contributed by atoms with Gasteiger partial charge in [0.2, 0.25) is 5.91 Å². The van der Waals surface area contributed by atoms with Gasteiger partial charge in [-0.1, -0.05) is 19.8 Å². The summed E-state index contributed by atoms with van der Waals surface area (Å²) in [5.41, 5.74) is 1.55. The second kappa shape index (κ2) is 4.84. The van der Waals surface area contributed by atoms with E-state index in [0.29, 0.717) is 12.8 Å². The van der Waals surface area contributed by atoms with Gasteiger partial charge < -0.3 is 0 Å². The summed E-state index contributed by atoms with van der Waals surface area (Å²) < 4.78 is 38.9. The Balaban J connectivity index is 2.86. The van der Waals surface area contributed by atoms with Crippen LogP contribution in [0.2, 0.25) is 0 Å². The van der Waals surface area contributed by atoms with Crippen molar-refractivity contribution in [3.63, 3.8) is 0 Å². The summed E-state index contributed by atoms with van der Waals surface area (Å²) in [6, 6.07) is -1.59. The first-order valence-corrected chi connectivity index (χ1v) is 5.84. The first-order chi connectivity index (χ1) is 7.68. The van der Waals surface area contributed by atoms with Gasteiger partial charge in [-0.25, -0.2) is 5.01 Å². The van der Waals surface area contributed by atoms with Crippen LogP contribution < -0.4 is 5.43 Å². The van der Waals surface area contributed by atoms with Crippen molar-refractivity contribution in [3.8, 4) is 0 Å². The molecular weight excluding hydrogens is 233 g/mol. The number of carbonyl (C=O) groups is 1. The molecule has 100 valence electrons. The maximum Gasteiger partial charge on any atom is 0.405 e. The van der Waals surface area contributed by atoms with Crippen molar-refractivity contribution in [2.24, 2.45) is 0 Å². The van der Waals surface area contributed by atoms with E-state index in [2.05, 4.69) is 5.43 Å². The molecule has 1 aliphatic rings. The summed E-state index contributed by atoms with van der Waals surface area (Å²) in [7, 11) is 0. The zero-order chi connectivity index (χ0) is 13.3. The third kappa shape index (κ3) is 3.34. The fraction of sp³-hybridized carbons (Fsp3) is 0.909. The SMILES string of the molecule is CCCC[C@H](N1NC(=O)CC1(C)C)C(F)(F)F. The van der Waals surface area contributed by atoms with Gasteiger partial charge >= 0.3 is 6.18 Å². The van der Waals surface area contributed by atoms with Crippen LogP contribution in [0.4, 0.5) is 13.2 Å². The first kappa shape index (κ1) is 14.3. The predicted octanol–water partition coefficient (Wildman–Crippen LogP) is 2.62. The van der Waals surface area contributed by atoms with Crippen molar-refractivity contribution in [2.75, 3.05) is 0 Å². The zero-order valence-corrected chi connectivity index (χ0v) is 10.4. The van der Waals surface area contributed by atoms with Gasteiger partial charge in [-0.2, -0.15) is 13.2 Å². The molecule has 0 aromatic rings. The molecule has 0 saturated carbocycles. The predicted molar refractivity (Wildman–Crippen MR) is 58.0 cm³/mol. The molecule has 0 unspecified atom stereocenters. The van der Waals surface area contributed by atoms with E-state index in [1.165, 1.54) is 0 Å². The van der Waals surface area contributed by atoms with Crippen molar-refractivity contribution in [2.45, 2.75) is 64.2 Å². The van der Waals surface area contributed by atoms with Crippen LogP contribution in [0.3, 0.4) is 0 Å². The van der Waals surface area contributed by atoms with Crippen LogP contribution in [0.15, 0.2) is 0 Å². The maximum atomic E-state index is 13.0. The molecule has 0 bridgehead atoms. The van der Waals surface area contributed by atoms with Crippen LogP contribution in [0.5, 0.6) is 0 Å². The maximum absolute atomic E-state index is 13.0. The fourth-order valence-electron chi connectivity index (χ4n) is 2.14. The lowest BCUT2D eigenvalue weighted by Crippen LogP contribution is -2.56. The third-order valence-corrected chi connectivity index (χ3v) is 3.01. The Kier molecular flexibility index (Phi) is 4.06. The minimum Gasteiger partial charge on any atom is -0.288 e. The molecule has 1 rings (SSSR count). The van der Waals surface area contributed by atoms with Crippen molar-refractivity contribution >= 4 is 5.91 Å². The molecule has 1 amide bonds. The van der Waals surface area contributed by atoms with E-state index in [1.807, 2.05) is 6.92 Å². The fourth-order valence-corrected chi connectivity index (χ4v) is 2.14. The van der Waals surface area contributed by atoms with Gasteiger partial charge in [-0.3, -0.25) is 10.2 Å². The minimum atomic E-state index is -4.32. The topological polar surface area (TPSA) is 32.3 Å². The van der Waals surface area contributed by atoms with Crippen LogP contribution >= 0.6 is 0 Å². The molecule has 3 nitrogen and oxygen atoms in total. The Labute approximate surface area is 99.3 Å². The number of nitrogens with one attached hydrogen (secondary N) is 1. The van der Waals surface area contributed by atoms with E-state index in [4.69, 9.17) is 0 Å². The number of hydrazine groups is 1. The third-order valence-electron chi connectivity index (χ3n) is 3.01. The van der Waals surface area contributed by atoms with E-state index in [0.717, 1.165) is 5.01 Å². The van der Waals surface area contributed by atoms with Gasteiger partial charge in [-0.15, -0.1) is 0 Å². The molecule has 1 fully saturated rings. The van der Waals surface area contributed by atoms with Crippen LogP contribution in [0.1, 0.15) is 46.5 Å². The number of carbonyl (C=O) groups excluding carboxylic acids is 1. The monoisotopic (exact) mass is 252 g/mol. The molecule has 1 aliphatic heterocycles.